The van der Waals surface area contributed by atoms with Gasteiger partial charge in [0.15, 0.2) is 0 Å². The SMILES string of the molecule is NC1CCC2CN(CC(=O)Nc3cc(Cl)c(Cl)cc3Cl)CC12. The number of fused-ring (bicyclic) bond motifs is 1. The summed E-state index contributed by atoms with van der Waals surface area (Å²) in [6.07, 6.45) is 2.27. The standard InChI is InChI=1S/C15H18Cl3N3O/c16-10-3-12(18)14(4-11(10)17)20-15(22)7-21-5-8-1-2-13(19)9(8)6-21/h3-4,8-9,13H,1-2,5-7,19H2,(H,20,22). The Morgan fingerprint density at radius 1 is 1.18 bits per heavy atom. The molecule has 120 valence electrons. The monoisotopic (exact) mass is 361 g/mol. The highest BCUT2D eigenvalue weighted by atomic mass is 35.5. The van der Waals surface area contributed by atoms with Crippen LogP contribution in [0.5, 0.6) is 0 Å². The number of nitrogens with zero attached hydrogens (tertiary/aromatic N) is 1. The van der Waals surface area contributed by atoms with Crippen LogP contribution in [0.2, 0.25) is 15.1 Å². The van der Waals surface area contributed by atoms with Crippen LogP contribution in [0.15, 0.2) is 12.1 Å². The third-order valence-electron chi connectivity index (χ3n) is 4.64. The predicted molar refractivity (Wildman–Crippen MR) is 90.7 cm³/mol. The van der Waals surface area contributed by atoms with E-state index in [0.29, 0.717) is 39.1 Å². The fourth-order valence-corrected chi connectivity index (χ4v) is 4.13. The Morgan fingerprint density at radius 3 is 2.64 bits per heavy atom. The van der Waals surface area contributed by atoms with Gasteiger partial charge in [0, 0.05) is 19.1 Å². The van der Waals surface area contributed by atoms with E-state index in [1.807, 2.05) is 0 Å². The minimum absolute atomic E-state index is 0.103. The summed E-state index contributed by atoms with van der Waals surface area (Å²) in [6, 6.07) is 3.38. The molecule has 1 aliphatic heterocycles. The lowest BCUT2D eigenvalue weighted by Gasteiger charge is -2.18. The Bertz CT molecular complexity index is 596. The van der Waals surface area contributed by atoms with Crippen molar-refractivity contribution >= 4 is 46.4 Å². The number of carbonyl (C=O) groups excluding carboxylic acids is 1. The Balaban J connectivity index is 1.59. The minimum Gasteiger partial charge on any atom is -0.327 e. The number of nitrogens with one attached hydrogen (secondary N) is 1. The smallest absolute Gasteiger partial charge is 0.238 e. The summed E-state index contributed by atoms with van der Waals surface area (Å²) in [6.45, 7) is 2.19. The number of halogens is 3. The molecule has 1 aromatic rings. The average Bonchev–Trinajstić information content (AvgIpc) is 2.98. The maximum absolute atomic E-state index is 12.2. The summed E-state index contributed by atoms with van der Waals surface area (Å²) < 4.78 is 0. The number of anilines is 1. The zero-order chi connectivity index (χ0) is 15.9. The van der Waals surface area contributed by atoms with Gasteiger partial charge in [-0.05, 0) is 36.8 Å². The van der Waals surface area contributed by atoms with Crippen molar-refractivity contribution in [1.82, 2.24) is 4.90 Å². The van der Waals surface area contributed by atoms with E-state index >= 15 is 0 Å². The molecule has 1 saturated heterocycles. The highest BCUT2D eigenvalue weighted by Crippen LogP contribution is 2.37. The number of rotatable bonds is 3. The van der Waals surface area contributed by atoms with Crippen molar-refractivity contribution in [3.05, 3.63) is 27.2 Å². The van der Waals surface area contributed by atoms with Gasteiger partial charge in [-0.1, -0.05) is 34.8 Å². The van der Waals surface area contributed by atoms with Gasteiger partial charge in [-0.3, -0.25) is 9.69 Å². The van der Waals surface area contributed by atoms with Crippen LogP contribution in [-0.2, 0) is 4.79 Å². The number of hydrogen-bond donors (Lipinski definition) is 2. The average molecular weight is 363 g/mol. The van der Waals surface area contributed by atoms with Gasteiger partial charge in [0.2, 0.25) is 5.91 Å². The lowest BCUT2D eigenvalue weighted by Crippen LogP contribution is -2.34. The second-order valence-corrected chi connectivity index (χ2v) is 7.38. The summed E-state index contributed by atoms with van der Waals surface area (Å²) in [5, 5.41) is 3.90. The summed E-state index contributed by atoms with van der Waals surface area (Å²) in [5.74, 6) is 1.06. The van der Waals surface area contributed by atoms with E-state index in [0.717, 1.165) is 19.5 Å². The van der Waals surface area contributed by atoms with Gasteiger partial charge >= 0.3 is 0 Å². The molecule has 3 rings (SSSR count). The maximum atomic E-state index is 12.2. The first-order valence-corrected chi connectivity index (χ1v) is 8.49. The van der Waals surface area contributed by atoms with Crippen LogP contribution in [0.4, 0.5) is 5.69 Å². The van der Waals surface area contributed by atoms with E-state index < -0.39 is 0 Å². The molecular formula is C15H18Cl3N3O. The van der Waals surface area contributed by atoms with E-state index in [9.17, 15) is 4.79 Å². The Morgan fingerprint density at radius 2 is 1.91 bits per heavy atom. The Labute approximate surface area is 144 Å². The van der Waals surface area contributed by atoms with E-state index in [1.54, 1.807) is 6.07 Å². The van der Waals surface area contributed by atoms with Crippen LogP contribution in [0.1, 0.15) is 12.8 Å². The number of hydrogen-bond acceptors (Lipinski definition) is 3. The van der Waals surface area contributed by atoms with Gasteiger partial charge in [-0.2, -0.15) is 0 Å². The quantitative estimate of drug-likeness (QED) is 0.812. The van der Waals surface area contributed by atoms with Crippen molar-refractivity contribution in [3.63, 3.8) is 0 Å². The summed E-state index contributed by atoms with van der Waals surface area (Å²) in [4.78, 5) is 14.4. The topological polar surface area (TPSA) is 58.4 Å². The van der Waals surface area contributed by atoms with E-state index in [4.69, 9.17) is 40.5 Å². The second kappa shape index (κ2) is 6.54. The molecule has 3 N–H and O–H groups in total. The van der Waals surface area contributed by atoms with Crippen molar-refractivity contribution in [2.75, 3.05) is 25.0 Å². The van der Waals surface area contributed by atoms with Crippen molar-refractivity contribution in [2.45, 2.75) is 18.9 Å². The third kappa shape index (κ3) is 3.36. The summed E-state index contributed by atoms with van der Waals surface area (Å²) >= 11 is 17.9. The van der Waals surface area contributed by atoms with Crippen LogP contribution < -0.4 is 11.1 Å². The van der Waals surface area contributed by atoms with Crippen molar-refractivity contribution in [2.24, 2.45) is 17.6 Å². The molecule has 3 unspecified atom stereocenters. The van der Waals surface area contributed by atoms with Gasteiger partial charge in [0.25, 0.3) is 0 Å². The van der Waals surface area contributed by atoms with Crippen LogP contribution >= 0.6 is 34.8 Å². The predicted octanol–water partition coefficient (Wildman–Crippen LogP) is 3.25. The zero-order valence-electron chi connectivity index (χ0n) is 12.0. The van der Waals surface area contributed by atoms with Gasteiger partial charge < -0.3 is 11.1 Å². The molecular weight excluding hydrogens is 345 g/mol. The summed E-state index contributed by atoms with van der Waals surface area (Å²) in [5.41, 5.74) is 6.60. The van der Waals surface area contributed by atoms with Crippen LogP contribution in [-0.4, -0.2) is 36.5 Å². The molecule has 2 aliphatic rings. The molecule has 7 heteroatoms. The molecule has 0 spiro atoms. The number of carbonyl (C=O) groups is 1. The van der Waals surface area contributed by atoms with Crippen LogP contribution in [0, 0.1) is 11.8 Å². The van der Waals surface area contributed by atoms with Gasteiger partial charge in [0.1, 0.15) is 0 Å². The highest BCUT2D eigenvalue weighted by Gasteiger charge is 2.41. The van der Waals surface area contributed by atoms with Crippen molar-refractivity contribution in [3.8, 4) is 0 Å². The van der Waals surface area contributed by atoms with Crippen molar-refractivity contribution in [1.29, 1.82) is 0 Å². The number of likely N-dealkylation sites (tertiary alicyclic amines) is 1. The molecule has 3 atom stereocenters. The molecule has 1 aromatic carbocycles. The normalized spacial score (nSPS) is 27.9. The molecule has 1 heterocycles. The van der Waals surface area contributed by atoms with Gasteiger partial charge in [-0.15, -0.1) is 0 Å². The zero-order valence-corrected chi connectivity index (χ0v) is 14.3. The lowest BCUT2D eigenvalue weighted by molar-refractivity contribution is -0.117. The molecule has 0 bridgehead atoms. The molecule has 22 heavy (non-hydrogen) atoms. The molecule has 0 aromatic heterocycles. The molecule has 4 nitrogen and oxygen atoms in total. The van der Waals surface area contributed by atoms with Crippen LogP contribution in [0.3, 0.4) is 0 Å². The Hall–Kier alpha value is -0.520. The number of benzene rings is 1. The highest BCUT2D eigenvalue weighted by molar-refractivity contribution is 6.44. The van der Waals surface area contributed by atoms with Gasteiger partial charge in [0.05, 0.1) is 27.3 Å². The molecule has 1 saturated carbocycles. The molecule has 1 aliphatic carbocycles. The first kappa shape index (κ1) is 16.3. The molecule has 2 fully saturated rings. The van der Waals surface area contributed by atoms with Crippen LogP contribution in [0.25, 0.3) is 0 Å². The Kier molecular flexibility index (Phi) is 4.86. The number of amides is 1. The fourth-order valence-electron chi connectivity index (χ4n) is 3.54. The molecule has 1 amide bonds. The summed E-state index contributed by atoms with van der Waals surface area (Å²) in [7, 11) is 0. The maximum Gasteiger partial charge on any atom is 0.238 e. The number of nitrogens with two attached hydrogens (primary N) is 1. The fraction of sp³-hybridized carbons (Fsp3) is 0.533. The lowest BCUT2D eigenvalue weighted by atomic mass is 9.98. The van der Waals surface area contributed by atoms with Gasteiger partial charge in [-0.25, -0.2) is 0 Å². The second-order valence-electron chi connectivity index (χ2n) is 6.15. The van der Waals surface area contributed by atoms with Crippen molar-refractivity contribution < 1.29 is 4.79 Å². The van der Waals surface area contributed by atoms with E-state index in [1.165, 1.54) is 12.5 Å². The third-order valence-corrected chi connectivity index (χ3v) is 5.67. The minimum atomic E-state index is -0.103. The van der Waals surface area contributed by atoms with E-state index in [2.05, 4.69) is 10.2 Å². The first-order chi connectivity index (χ1) is 10.4. The first-order valence-electron chi connectivity index (χ1n) is 7.36. The molecule has 0 radical (unpaired) electrons. The largest absolute Gasteiger partial charge is 0.327 e. The van der Waals surface area contributed by atoms with E-state index in [-0.39, 0.29) is 11.9 Å².